The molecule has 9 heteroatoms. The molecule has 0 rings (SSSR count). The Labute approximate surface area is 453 Å². The Kier molecular flexibility index (Phi) is 55.2. The Bertz CT molecular complexity index is 1160. The lowest BCUT2D eigenvalue weighted by Gasteiger charge is -2.25. The van der Waals surface area contributed by atoms with Crippen LogP contribution >= 0.6 is 0 Å². The molecular weight excluding hydrogens is 911 g/mol. The van der Waals surface area contributed by atoms with E-state index in [9.17, 15) is 19.5 Å². The zero-order valence-electron chi connectivity index (χ0n) is 49.6. The number of carbonyl (C=O) groups excluding carboxylic acids is 2. The molecule has 1 N–H and O–H groups in total. The maximum atomic E-state index is 12.9. The highest BCUT2D eigenvalue weighted by molar-refractivity contribution is 5.71. The second kappa shape index (κ2) is 56.5. The van der Waals surface area contributed by atoms with E-state index < -0.39 is 18.4 Å². The van der Waals surface area contributed by atoms with Crippen LogP contribution in [0.5, 0.6) is 0 Å². The molecule has 434 valence electrons. The molecule has 73 heavy (non-hydrogen) atoms. The second-order valence-electron chi connectivity index (χ2n) is 23.4. The number of aliphatic carboxylic acids is 1. The van der Waals surface area contributed by atoms with E-state index in [0.29, 0.717) is 17.4 Å². The predicted molar refractivity (Wildman–Crippen MR) is 309 cm³/mol. The first-order valence-corrected chi connectivity index (χ1v) is 32.2. The Hall–Kier alpha value is -1.71. The molecule has 9 nitrogen and oxygen atoms in total. The zero-order chi connectivity index (χ0) is 53.4. The number of carboxylic acid groups (broad SMARTS) is 1. The van der Waals surface area contributed by atoms with Gasteiger partial charge >= 0.3 is 17.9 Å². The van der Waals surface area contributed by atoms with E-state index in [1.54, 1.807) is 0 Å². The summed E-state index contributed by atoms with van der Waals surface area (Å²) in [6.07, 6.45) is 62.0. The van der Waals surface area contributed by atoms with Crippen molar-refractivity contribution < 1.29 is 42.9 Å². The van der Waals surface area contributed by atoms with Crippen LogP contribution in [0, 0.1) is 0 Å². The fraction of sp³-hybridized carbons (Fsp3) is 0.953. The Balaban J connectivity index is 4.10. The van der Waals surface area contributed by atoms with Crippen LogP contribution in [0.15, 0.2) is 0 Å². The van der Waals surface area contributed by atoms with Gasteiger partial charge in [0.25, 0.3) is 6.29 Å². The maximum Gasteiger partial charge on any atom is 0.361 e. The molecular formula is C64H126NO8+. The third-order valence-corrected chi connectivity index (χ3v) is 14.9. The fourth-order valence-corrected chi connectivity index (χ4v) is 9.90. The van der Waals surface area contributed by atoms with Gasteiger partial charge in [-0.1, -0.05) is 309 Å². The number of rotatable bonds is 61. The van der Waals surface area contributed by atoms with Crippen molar-refractivity contribution in [2.45, 2.75) is 347 Å². The summed E-state index contributed by atoms with van der Waals surface area (Å²) >= 11 is 0. The topological polar surface area (TPSA) is 108 Å². The smallest absolute Gasteiger partial charge is 0.361 e. The van der Waals surface area contributed by atoms with E-state index in [-0.39, 0.29) is 38.2 Å². The van der Waals surface area contributed by atoms with Gasteiger partial charge < -0.3 is 28.5 Å². The number of esters is 2. The average molecular weight is 1040 g/mol. The molecule has 0 aliphatic carbocycles. The Morgan fingerprint density at radius 3 is 0.877 bits per heavy atom. The first kappa shape index (κ1) is 71.3. The molecule has 0 heterocycles. The molecule has 0 bridgehead atoms. The van der Waals surface area contributed by atoms with Crippen molar-refractivity contribution >= 4 is 17.9 Å². The average Bonchev–Trinajstić information content (AvgIpc) is 3.36. The summed E-state index contributed by atoms with van der Waals surface area (Å²) in [4.78, 5) is 37.5. The number of likely N-dealkylation sites (N-methyl/N-ethyl adjacent to an activating group) is 1. The van der Waals surface area contributed by atoms with Gasteiger partial charge in [0.15, 0.2) is 6.10 Å². The van der Waals surface area contributed by atoms with Gasteiger partial charge in [0.05, 0.1) is 34.4 Å². The van der Waals surface area contributed by atoms with E-state index in [0.717, 1.165) is 38.5 Å². The number of ether oxygens (including phenoxy) is 4. The maximum absolute atomic E-state index is 12.9. The molecule has 0 aliphatic heterocycles. The van der Waals surface area contributed by atoms with Crippen molar-refractivity contribution in [1.29, 1.82) is 0 Å². The molecule has 0 aromatic heterocycles. The minimum atomic E-state index is -1.50. The normalized spacial score (nSPS) is 12.6. The quantitative estimate of drug-likeness (QED) is 0.0278. The third kappa shape index (κ3) is 57.8. The largest absolute Gasteiger partial charge is 0.477 e. The molecule has 0 aromatic rings. The SMILES string of the molecule is CCCCCCCCCCCCCCCCCCCCCCCCCCCCCC(=O)OC(COC(=O)CCCCCCCCCCCCCCCCCCCCCCC)COC(OCC[N+](C)(C)C)C(=O)O. The van der Waals surface area contributed by atoms with Gasteiger partial charge in [0.1, 0.15) is 13.2 Å². The molecule has 0 aromatic carbocycles. The summed E-state index contributed by atoms with van der Waals surface area (Å²) in [6, 6.07) is 0. The van der Waals surface area contributed by atoms with Gasteiger partial charge in [-0.2, -0.15) is 0 Å². The zero-order valence-corrected chi connectivity index (χ0v) is 49.6. The lowest BCUT2D eigenvalue weighted by molar-refractivity contribution is -0.870. The molecule has 0 fully saturated rings. The van der Waals surface area contributed by atoms with E-state index in [1.807, 2.05) is 21.1 Å². The summed E-state index contributed by atoms with van der Waals surface area (Å²) in [6.45, 7) is 4.96. The van der Waals surface area contributed by atoms with Gasteiger partial charge in [0.2, 0.25) is 0 Å². The number of nitrogens with zero attached hydrogens (tertiary/aromatic N) is 1. The molecule has 0 saturated carbocycles. The summed E-state index contributed by atoms with van der Waals surface area (Å²) in [5, 5.41) is 9.72. The monoisotopic (exact) mass is 1040 g/mol. The van der Waals surface area contributed by atoms with Crippen molar-refractivity contribution in [2.75, 3.05) is 47.5 Å². The molecule has 2 unspecified atom stereocenters. The van der Waals surface area contributed by atoms with Crippen molar-refractivity contribution in [3.05, 3.63) is 0 Å². The number of hydrogen-bond donors (Lipinski definition) is 1. The molecule has 0 radical (unpaired) electrons. The van der Waals surface area contributed by atoms with Crippen LogP contribution in [0.25, 0.3) is 0 Å². The Morgan fingerprint density at radius 1 is 0.356 bits per heavy atom. The minimum absolute atomic E-state index is 0.172. The highest BCUT2D eigenvalue weighted by Crippen LogP contribution is 2.19. The number of carboxylic acids is 1. The summed E-state index contributed by atoms with van der Waals surface area (Å²) < 4.78 is 23.0. The predicted octanol–water partition coefficient (Wildman–Crippen LogP) is 19.1. The van der Waals surface area contributed by atoms with E-state index in [2.05, 4.69) is 13.8 Å². The summed E-state index contributed by atoms with van der Waals surface area (Å²) in [5.41, 5.74) is 0. The molecule has 2 atom stereocenters. The number of quaternary nitrogens is 1. The van der Waals surface area contributed by atoms with Crippen molar-refractivity contribution in [1.82, 2.24) is 0 Å². The Morgan fingerprint density at radius 2 is 0.616 bits per heavy atom. The van der Waals surface area contributed by atoms with Gasteiger partial charge in [-0.25, -0.2) is 4.79 Å². The lowest BCUT2D eigenvalue weighted by Crippen LogP contribution is -2.40. The van der Waals surface area contributed by atoms with Crippen molar-refractivity contribution in [3.8, 4) is 0 Å². The van der Waals surface area contributed by atoms with Gasteiger partial charge in [0, 0.05) is 12.8 Å². The first-order valence-electron chi connectivity index (χ1n) is 32.2. The molecule has 0 aliphatic rings. The van der Waals surface area contributed by atoms with Crippen LogP contribution in [0.3, 0.4) is 0 Å². The van der Waals surface area contributed by atoms with Crippen molar-refractivity contribution in [2.24, 2.45) is 0 Å². The van der Waals surface area contributed by atoms with Crippen LogP contribution in [0.1, 0.15) is 335 Å². The highest BCUT2D eigenvalue weighted by Gasteiger charge is 2.25. The van der Waals surface area contributed by atoms with Gasteiger partial charge in [-0.05, 0) is 12.8 Å². The standard InChI is InChI=1S/C64H125NO8/c1-6-8-10-12-14-16-18-20-22-24-26-28-29-30-31-32-33-35-37-39-41-43-45-47-49-51-53-55-62(67)73-60(59-72-64(63(68)69)70-57-56-65(3,4)5)58-71-61(66)54-52-50-48-46-44-42-40-38-36-34-27-25-23-21-19-17-15-13-11-9-7-2/h60,64H,6-59H2,1-5H3/p+1. The van der Waals surface area contributed by atoms with Gasteiger partial charge in [-0.15, -0.1) is 0 Å². The van der Waals surface area contributed by atoms with E-state index in [4.69, 9.17) is 18.9 Å². The third-order valence-electron chi connectivity index (χ3n) is 14.9. The fourth-order valence-electron chi connectivity index (χ4n) is 9.90. The molecule has 0 amide bonds. The number of unbranched alkanes of at least 4 members (excludes halogenated alkanes) is 46. The van der Waals surface area contributed by atoms with E-state index >= 15 is 0 Å². The highest BCUT2D eigenvalue weighted by atomic mass is 16.7. The van der Waals surface area contributed by atoms with E-state index in [1.165, 1.54) is 270 Å². The summed E-state index contributed by atoms with van der Waals surface area (Å²) in [5.74, 6) is -1.97. The molecule has 0 spiro atoms. The second-order valence-corrected chi connectivity index (χ2v) is 23.4. The summed E-state index contributed by atoms with van der Waals surface area (Å²) in [7, 11) is 5.99. The number of carbonyl (C=O) groups is 3. The van der Waals surface area contributed by atoms with Gasteiger partial charge in [-0.3, -0.25) is 9.59 Å². The first-order chi connectivity index (χ1) is 35.6. The number of hydrogen-bond acceptors (Lipinski definition) is 7. The van der Waals surface area contributed by atoms with Crippen LogP contribution in [0.2, 0.25) is 0 Å². The van der Waals surface area contributed by atoms with Crippen LogP contribution < -0.4 is 0 Å². The van der Waals surface area contributed by atoms with Crippen molar-refractivity contribution in [3.63, 3.8) is 0 Å². The van der Waals surface area contributed by atoms with Crippen LogP contribution in [0.4, 0.5) is 0 Å². The molecule has 0 saturated heterocycles. The van der Waals surface area contributed by atoms with Crippen LogP contribution in [-0.2, 0) is 33.3 Å². The lowest BCUT2D eigenvalue weighted by atomic mass is 10.0. The minimum Gasteiger partial charge on any atom is -0.477 e. The van der Waals surface area contributed by atoms with Crippen LogP contribution in [-0.4, -0.2) is 87.4 Å².